The van der Waals surface area contributed by atoms with Crippen molar-refractivity contribution in [3.8, 4) is 0 Å². The van der Waals surface area contributed by atoms with Gasteiger partial charge >= 0.3 is 0 Å². The quantitative estimate of drug-likeness (QED) is 0.834. The summed E-state index contributed by atoms with van der Waals surface area (Å²) in [6, 6.07) is 0.679. The van der Waals surface area contributed by atoms with E-state index < -0.39 is 0 Å². The topological polar surface area (TPSA) is 45.4 Å². The lowest BCUT2D eigenvalue weighted by Gasteiger charge is -2.36. The molecule has 0 aromatic carbocycles. The molecule has 1 aliphatic heterocycles. The molecule has 2 aliphatic rings. The highest BCUT2D eigenvalue weighted by Crippen LogP contribution is 2.36. The molecular weight excluding hydrogens is 244 g/mol. The molecule has 18 heavy (non-hydrogen) atoms. The normalized spacial score (nSPS) is 30.4. The summed E-state index contributed by atoms with van der Waals surface area (Å²) in [5.74, 6) is 0. The van der Waals surface area contributed by atoms with E-state index in [1.54, 1.807) is 0 Å². The van der Waals surface area contributed by atoms with Gasteiger partial charge in [0.05, 0.1) is 11.7 Å². The predicted molar refractivity (Wildman–Crippen MR) is 74.8 cm³/mol. The van der Waals surface area contributed by atoms with Gasteiger partial charge in [-0.2, -0.15) is 0 Å². The standard InChI is InChI=1S/C13H22N4S/c1-16-6-7-17(2)11(8-16)13-15-10-5-3-4-9(14)12(10)18-13/h9,11H,3-8,14H2,1-2H3. The van der Waals surface area contributed by atoms with E-state index in [4.69, 9.17) is 10.7 Å². The fraction of sp³-hybridized carbons (Fsp3) is 0.769. The van der Waals surface area contributed by atoms with Crippen molar-refractivity contribution in [1.82, 2.24) is 14.8 Å². The maximum atomic E-state index is 6.20. The molecule has 0 radical (unpaired) electrons. The summed E-state index contributed by atoms with van der Waals surface area (Å²) in [7, 11) is 4.40. The van der Waals surface area contributed by atoms with Crippen LogP contribution < -0.4 is 5.73 Å². The molecule has 0 amide bonds. The highest BCUT2D eigenvalue weighted by Gasteiger charge is 2.29. The Morgan fingerprint density at radius 2 is 2.17 bits per heavy atom. The summed E-state index contributed by atoms with van der Waals surface area (Å²) in [5.41, 5.74) is 7.47. The Hall–Kier alpha value is -0.490. The fourth-order valence-corrected chi connectivity index (χ4v) is 4.20. The predicted octanol–water partition coefficient (Wildman–Crippen LogP) is 1.40. The molecule has 2 heterocycles. The van der Waals surface area contributed by atoms with Crippen LogP contribution in [0.3, 0.4) is 0 Å². The smallest absolute Gasteiger partial charge is 0.112 e. The molecule has 0 spiro atoms. The zero-order valence-corrected chi connectivity index (χ0v) is 12.0. The number of nitrogens with two attached hydrogens (primary N) is 1. The maximum Gasteiger partial charge on any atom is 0.112 e. The first kappa shape index (κ1) is 12.5. The number of rotatable bonds is 1. The number of nitrogens with zero attached hydrogens (tertiary/aromatic N) is 3. The number of fused-ring (bicyclic) bond motifs is 1. The van der Waals surface area contributed by atoms with E-state index >= 15 is 0 Å². The van der Waals surface area contributed by atoms with E-state index in [2.05, 4.69) is 23.9 Å². The van der Waals surface area contributed by atoms with Gasteiger partial charge in [0.15, 0.2) is 0 Å². The van der Waals surface area contributed by atoms with Crippen LogP contribution in [0.1, 0.15) is 40.5 Å². The van der Waals surface area contributed by atoms with Crippen molar-refractivity contribution in [2.24, 2.45) is 5.73 Å². The number of piperazine rings is 1. The van der Waals surface area contributed by atoms with Crippen molar-refractivity contribution in [3.05, 3.63) is 15.6 Å². The molecule has 2 atom stereocenters. The molecule has 1 aliphatic carbocycles. The van der Waals surface area contributed by atoms with E-state index in [0.29, 0.717) is 6.04 Å². The van der Waals surface area contributed by atoms with Crippen LogP contribution in [0.4, 0.5) is 0 Å². The summed E-state index contributed by atoms with van der Waals surface area (Å²) in [5, 5.41) is 1.27. The highest BCUT2D eigenvalue weighted by atomic mass is 32.1. The molecule has 2 N–H and O–H groups in total. The average molecular weight is 266 g/mol. The van der Waals surface area contributed by atoms with Crippen LogP contribution in [0, 0.1) is 0 Å². The van der Waals surface area contributed by atoms with Crippen molar-refractivity contribution in [1.29, 1.82) is 0 Å². The highest BCUT2D eigenvalue weighted by molar-refractivity contribution is 7.12. The second-order valence-electron chi connectivity index (χ2n) is 5.62. The molecule has 1 aromatic rings. The number of hydrogen-bond acceptors (Lipinski definition) is 5. The Morgan fingerprint density at radius 1 is 1.33 bits per heavy atom. The molecule has 1 saturated heterocycles. The van der Waals surface area contributed by atoms with Gasteiger partial charge in [-0.25, -0.2) is 4.98 Å². The summed E-state index contributed by atoms with van der Waals surface area (Å²) in [6.45, 7) is 3.35. The van der Waals surface area contributed by atoms with Crippen LogP contribution >= 0.6 is 11.3 Å². The molecular formula is C13H22N4S. The number of likely N-dealkylation sites (N-methyl/N-ethyl adjacent to an activating group) is 2. The van der Waals surface area contributed by atoms with Gasteiger partial charge in [0.2, 0.25) is 0 Å². The van der Waals surface area contributed by atoms with Crippen molar-refractivity contribution in [2.45, 2.75) is 31.3 Å². The third kappa shape index (κ3) is 2.20. The molecule has 1 fully saturated rings. The lowest BCUT2D eigenvalue weighted by Crippen LogP contribution is -2.44. The number of hydrogen-bond donors (Lipinski definition) is 1. The molecule has 0 saturated carbocycles. The number of aryl methyl sites for hydroxylation is 1. The van der Waals surface area contributed by atoms with Gasteiger partial charge in [-0.1, -0.05) is 0 Å². The minimum Gasteiger partial charge on any atom is -0.323 e. The second kappa shape index (κ2) is 4.89. The molecule has 1 aromatic heterocycles. The van der Waals surface area contributed by atoms with E-state index in [9.17, 15) is 0 Å². The Bertz CT molecular complexity index is 431. The van der Waals surface area contributed by atoms with Crippen LogP contribution in [0.15, 0.2) is 0 Å². The van der Waals surface area contributed by atoms with Crippen LogP contribution in [0.5, 0.6) is 0 Å². The van der Waals surface area contributed by atoms with Gasteiger partial charge in [0.1, 0.15) is 5.01 Å². The first-order valence-electron chi connectivity index (χ1n) is 6.79. The Labute approximate surface area is 113 Å². The molecule has 3 rings (SSSR count). The lowest BCUT2D eigenvalue weighted by atomic mass is 9.99. The summed E-state index contributed by atoms with van der Waals surface area (Å²) < 4.78 is 0. The molecule has 5 heteroatoms. The third-order valence-electron chi connectivity index (χ3n) is 4.15. The third-order valence-corrected chi connectivity index (χ3v) is 5.48. The summed E-state index contributed by atoms with van der Waals surface area (Å²) in [6.07, 6.45) is 3.43. The minimum absolute atomic E-state index is 0.228. The SMILES string of the molecule is CN1CCN(C)C(c2nc3c(s2)C(N)CCC3)C1. The summed E-state index contributed by atoms with van der Waals surface area (Å²) in [4.78, 5) is 11.0. The zero-order valence-electron chi connectivity index (χ0n) is 11.2. The maximum absolute atomic E-state index is 6.20. The van der Waals surface area contributed by atoms with Gasteiger partial charge in [-0.05, 0) is 33.4 Å². The van der Waals surface area contributed by atoms with Crippen molar-refractivity contribution in [2.75, 3.05) is 33.7 Å². The molecule has 0 bridgehead atoms. The number of thiazole rings is 1. The van der Waals surface area contributed by atoms with Crippen molar-refractivity contribution in [3.63, 3.8) is 0 Å². The van der Waals surface area contributed by atoms with Crippen molar-refractivity contribution >= 4 is 11.3 Å². The first-order chi connectivity index (χ1) is 8.65. The van der Waals surface area contributed by atoms with Gasteiger partial charge in [-0.3, -0.25) is 4.90 Å². The first-order valence-corrected chi connectivity index (χ1v) is 7.60. The van der Waals surface area contributed by atoms with Crippen LogP contribution in [-0.2, 0) is 6.42 Å². The van der Waals surface area contributed by atoms with Crippen LogP contribution in [-0.4, -0.2) is 48.5 Å². The van der Waals surface area contributed by atoms with Crippen molar-refractivity contribution < 1.29 is 0 Å². The van der Waals surface area contributed by atoms with Gasteiger partial charge < -0.3 is 10.6 Å². The zero-order chi connectivity index (χ0) is 12.7. The van der Waals surface area contributed by atoms with E-state index in [1.807, 2.05) is 11.3 Å². The largest absolute Gasteiger partial charge is 0.323 e. The Balaban J connectivity index is 1.87. The van der Waals surface area contributed by atoms with E-state index in [1.165, 1.54) is 22.0 Å². The van der Waals surface area contributed by atoms with Crippen LogP contribution in [0.25, 0.3) is 0 Å². The Morgan fingerprint density at radius 3 is 2.94 bits per heavy atom. The minimum atomic E-state index is 0.228. The molecule has 2 unspecified atom stereocenters. The second-order valence-corrected chi connectivity index (χ2v) is 6.68. The van der Waals surface area contributed by atoms with Gasteiger partial charge in [-0.15, -0.1) is 11.3 Å². The Kier molecular flexibility index (Phi) is 3.40. The van der Waals surface area contributed by atoms with E-state index in [0.717, 1.165) is 32.5 Å². The molecule has 100 valence electrons. The van der Waals surface area contributed by atoms with Gasteiger partial charge in [0.25, 0.3) is 0 Å². The van der Waals surface area contributed by atoms with E-state index in [-0.39, 0.29) is 6.04 Å². The number of aromatic nitrogens is 1. The average Bonchev–Trinajstić information content (AvgIpc) is 2.77. The lowest BCUT2D eigenvalue weighted by molar-refractivity contribution is 0.115. The summed E-state index contributed by atoms with van der Waals surface area (Å²) >= 11 is 1.85. The van der Waals surface area contributed by atoms with Crippen LogP contribution in [0.2, 0.25) is 0 Å². The monoisotopic (exact) mass is 266 g/mol. The van der Waals surface area contributed by atoms with Gasteiger partial charge in [0, 0.05) is 30.6 Å². The molecule has 4 nitrogen and oxygen atoms in total. The fourth-order valence-electron chi connectivity index (χ4n) is 2.89.